The maximum absolute atomic E-state index is 2.44. The van der Waals surface area contributed by atoms with E-state index >= 15 is 0 Å². The van der Waals surface area contributed by atoms with Gasteiger partial charge in [-0.15, -0.1) is 0 Å². The molecule has 1 heteroatoms. The Balaban J connectivity index is 2.22. The predicted molar refractivity (Wildman–Crippen MR) is 65.2 cm³/mol. The van der Waals surface area contributed by atoms with Crippen LogP contribution in [0.4, 0.5) is 0 Å². The summed E-state index contributed by atoms with van der Waals surface area (Å²) in [5.41, 5.74) is 3.12. The molecule has 0 amide bonds. The van der Waals surface area contributed by atoms with E-state index in [1.807, 2.05) is 0 Å². The first kappa shape index (κ1) is 9.72. The van der Waals surface area contributed by atoms with Crippen molar-refractivity contribution in [1.29, 1.82) is 0 Å². The Morgan fingerprint density at radius 3 is 2.00 bits per heavy atom. The van der Waals surface area contributed by atoms with Gasteiger partial charge >= 0.3 is 0 Å². The van der Waals surface area contributed by atoms with Gasteiger partial charge in [0.05, 0.1) is 8.07 Å². The lowest BCUT2D eigenvalue weighted by Gasteiger charge is -2.13. The largest absolute Gasteiger partial charge is 0.0736 e. The second-order valence-electron chi connectivity index (χ2n) is 5.19. The molecule has 1 aromatic carbocycles. The topological polar surface area (TPSA) is 0 Å². The highest BCUT2D eigenvalue weighted by molar-refractivity contribution is 6.84. The lowest BCUT2D eigenvalue weighted by atomic mass is 10.1. The van der Waals surface area contributed by atoms with Crippen LogP contribution in [0.5, 0.6) is 0 Å². The number of rotatable bonds is 2. The molecule has 74 valence electrons. The molecule has 1 atom stereocenters. The maximum atomic E-state index is 2.44. The normalized spacial score (nSPS) is 21.3. The second kappa shape index (κ2) is 3.09. The zero-order chi connectivity index (χ0) is 10.3. The summed E-state index contributed by atoms with van der Waals surface area (Å²) in [5, 5.41) is 1.77. The molecule has 0 aromatic heterocycles. The summed E-state index contributed by atoms with van der Waals surface area (Å²) in [6, 6.07) is 10.9. The van der Waals surface area contributed by atoms with Crippen molar-refractivity contribution >= 4 is 8.07 Å². The molecule has 0 bridgehead atoms. The number of hydrogen-bond donors (Lipinski definition) is 0. The van der Waals surface area contributed by atoms with Crippen molar-refractivity contribution in [3.8, 4) is 0 Å². The first-order chi connectivity index (χ1) is 6.52. The standard InChI is InChI=1S/C13H18Si/c1-10-12(13(10)14(2,3)4)11-8-6-5-7-9-11/h5-9,12H,1-4H3. The first-order valence-corrected chi connectivity index (χ1v) is 8.78. The van der Waals surface area contributed by atoms with E-state index in [2.05, 4.69) is 56.9 Å². The summed E-state index contributed by atoms with van der Waals surface area (Å²) in [6.07, 6.45) is 0. The van der Waals surface area contributed by atoms with Crippen molar-refractivity contribution in [3.05, 3.63) is 46.7 Å². The van der Waals surface area contributed by atoms with E-state index in [1.54, 1.807) is 10.8 Å². The molecule has 1 aliphatic rings. The van der Waals surface area contributed by atoms with Gasteiger partial charge in [-0.25, -0.2) is 0 Å². The SMILES string of the molecule is CC1=C([Si](C)(C)C)C1c1ccccc1. The van der Waals surface area contributed by atoms with Crippen molar-refractivity contribution in [2.24, 2.45) is 0 Å². The van der Waals surface area contributed by atoms with E-state index in [9.17, 15) is 0 Å². The molecule has 0 heterocycles. The van der Waals surface area contributed by atoms with E-state index in [4.69, 9.17) is 0 Å². The Kier molecular flexibility index (Phi) is 2.15. The Labute approximate surface area is 87.7 Å². The van der Waals surface area contributed by atoms with E-state index in [0.717, 1.165) is 0 Å². The summed E-state index contributed by atoms with van der Waals surface area (Å²) in [7, 11) is -1.05. The lowest BCUT2D eigenvalue weighted by molar-refractivity contribution is 1.15. The summed E-state index contributed by atoms with van der Waals surface area (Å²) in [4.78, 5) is 0. The van der Waals surface area contributed by atoms with Crippen LogP contribution in [-0.2, 0) is 0 Å². The van der Waals surface area contributed by atoms with Gasteiger partial charge in [-0.1, -0.05) is 60.7 Å². The molecule has 1 aromatic rings. The molecule has 0 saturated carbocycles. The average Bonchev–Trinajstić information content (AvgIpc) is 2.78. The Morgan fingerprint density at radius 1 is 1.00 bits per heavy atom. The minimum atomic E-state index is -1.05. The molecular formula is C13H18Si. The van der Waals surface area contributed by atoms with E-state index < -0.39 is 8.07 Å². The van der Waals surface area contributed by atoms with Crippen LogP contribution in [0.25, 0.3) is 0 Å². The van der Waals surface area contributed by atoms with Gasteiger partial charge in [-0.05, 0) is 12.5 Å². The zero-order valence-electron chi connectivity index (χ0n) is 9.46. The van der Waals surface area contributed by atoms with Crippen LogP contribution in [0.2, 0.25) is 19.6 Å². The van der Waals surface area contributed by atoms with Crippen LogP contribution >= 0.6 is 0 Å². The third-order valence-electron chi connectivity index (χ3n) is 3.00. The van der Waals surface area contributed by atoms with Crippen LogP contribution < -0.4 is 0 Å². The maximum Gasteiger partial charge on any atom is 0.0736 e. The van der Waals surface area contributed by atoms with Crippen LogP contribution in [0.3, 0.4) is 0 Å². The highest BCUT2D eigenvalue weighted by Crippen LogP contribution is 2.51. The van der Waals surface area contributed by atoms with E-state index in [0.29, 0.717) is 5.92 Å². The molecule has 1 aliphatic carbocycles. The number of benzene rings is 1. The first-order valence-electron chi connectivity index (χ1n) is 5.28. The summed E-state index contributed by atoms with van der Waals surface area (Å²) >= 11 is 0. The fourth-order valence-corrected chi connectivity index (χ4v) is 4.92. The zero-order valence-corrected chi connectivity index (χ0v) is 10.5. The molecular weight excluding hydrogens is 184 g/mol. The summed E-state index contributed by atoms with van der Waals surface area (Å²) in [5.74, 6) is 0.697. The summed E-state index contributed by atoms with van der Waals surface area (Å²) < 4.78 is 0. The second-order valence-corrected chi connectivity index (χ2v) is 10.2. The minimum absolute atomic E-state index is 0.697. The molecule has 0 N–H and O–H groups in total. The molecule has 1 unspecified atom stereocenters. The lowest BCUT2D eigenvalue weighted by Crippen LogP contribution is -2.19. The van der Waals surface area contributed by atoms with Gasteiger partial charge in [-0.2, -0.15) is 0 Å². The molecule has 0 aliphatic heterocycles. The minimum Gasteiger partial charge on any atom is -0.0700 e. The van der Waals surface area contributed by atoms with Crippen LogP contribution in [-0.4, -0.2) is 8.07 Å². The van der Waals surface area contributed by atoms with Gasteiger partial charge in [0.1, 0.15) is 0 Å². The number of allylic oxidation sites excluding steroid dienone is 2. The number of hydrogen-bond acceptors (Lipinski definition) is 0. The Morgan fingerprint density at radius 2 is 1.57 bits per heavy atom. The van der Waals surface area contributed by atoms with E-state index in [1.165, 1.54) is 5.56 Å². The van der Waals surface area contributed by atoms with Gasteiger partial charge in [0.25, 0.3) is 0 Å². The van der Waals surface area contributed by atoms with Crippen LogP contribution in [0.15, 0.2) is 41.1 Å². The fourth-order valence-electron chi connectivity index (χ4n) is 2.42. The predicted octanol–water partition coefficient (Wildman–Crippen LogP) is 3.98. The molecule has 0 spiro atoms. The molecule has 0 nitrogen and oxygen atoms in total. The van der Waals surface area contributed by atoms with Crippen molar-refractivity contribution in [2.75, 3.05) is 0 Å². The van der Waals surface area contributed by atoms with E-state index in [-0.39, 0.29) is 0 Å². The van der Waals surface area contributed by atoms with Crippen LogP contribution in [0, 0.1) is 0 Å². The smallest absolute Gasteiger partial charge is 0.0700 e. The van der Waals surface area contributed by atoms with Gasteiger partial charge in [0.15, 0.2) is 0 Å². The Bertz CT molecular complexity index is 368. The average molecular weight is 202 g/mol. The van der Waals surface area contributed by atoms with Gasteiger partial charge in [-0.3, -0.25) is 0 Å². The monoisotopic (exact) mass is 202 g/mol. The molecule has 14 heavy (non-hydrogen) atoms. The van der Waals surface area contributed by atoms with Gasteiger partial charge < -0.3 is 0 Å². The highest BCUT2D eigenvalue weighted by atomic mass is 28.3. The van der Waals surface area contributed by atoms with Gasteiger partial charge in [0, 0.05) is 5.92 Å². The molecule has 0 radical (unpaired) electrons. The molecule has 0 fully saturated rings. The molecule has 0 saturated heterocycles. The van der Waals surface area contributed by atoms with Crippen molar-refractivity contribution in [3.63, 3.8) is 0 Å². The quantitative estimate of drug-likeness (QED) is 0.636. The third kappa shape index (κ3) is 1.57. The summed E-state index contributed by atoms with van der Waals surface area (Å²) in [6.45, 7) is 9.61. The third-order valence-corrected chi connectivity index (χ3v) is 5.30. The van der Waals surface area contributed by atoms with Crippen LogP contribution in [0.1, 0.15) is 18.4 Å². The van der Waals surface area contributed by atoms with Crippen molar-refractivity contribution in [1.82, 2.24) is 0 Å². The Hall–Kier alpha value is -0.823. The van der Waals surface area contributed by atoms with Gasteiger partial charge in [0.2, 0.25) is 0 Å². The highest BCUT2D eigenvalue weighted by Gasteiger charge is 2.41. The van der Waals surface area contributed by atoms with Crippen molar-refractivity contribution < 1.29 is 0 Å². The van der Waals surface area contributed by atoms with Crippen molar-refractivity contribution in [2.45, 2.75) is 32.5 Å². The fraction of sp³-hybridized carbons (Fsp3) is 0.385. The molecule has 2 rings (SSSR count).